The van der Waals surface area contributed by atoms with Crippen molar-refractivity contribution in [3.8, 4) is 0 Å². The molecule has 0 amide bonds. The molecule has 0 radical (unpaired) electrons. The Morgan fingerprint density at radius 2 is 1.28 bits per heavy atom. The van der Waals surface area contributed by atoms with Gasteiger partial charge in [0.25, 0.3) is 5.60 Å². The third-order valence-electron chi connectivity index (χ3n) is 2.03. The Morgan fingerprint density at radius 1 is 0.889 bits per heavy atom. The zero-order chi connectivity index (χ0) is 13.8. The van der Waals surface area contributed by atoms with Crippen molar-refractivity contribution in [1.82, 2.24) is 0 Å². The molecule has 0 aliphatic carbocycles. The van der Waals surface area contributed by atoms with E-state index in [9.17, 15) is 14.4 Å². The quantitative estimate of drug-likeness (QED) is 0.419. The molecule has 0 aromatic rings. The van der Waals surface area contributed by atoms with Crippen molar-refractivity contribution < 1.29 is 45.6 Å². The summed E-state index contributed by atoms with van der Waals surface area (Å²) in [4.78, 5) is 35.1. The van der Waals surface area contributed by atoms with Gasteiger partial charge in [-0.2, -0.15) is 0 Å². The van der Waals surface area contributed by atoms with Crippen LogP contribution in [-0.2, 0) is 45.6 Å². The Morgan fingerprint density at radius 3 is 1.50 bits per heavy atom. The van der Waals surface area contributed by atoms with Gasteiger partial charge < -0.3 is 9.47 Å². The number of rotatable bonds is 6. The first kappa shape index (κ1) is 19.8. The van der Waals surface area contributed by atoms with Crippen molar-refractivity contribution in [2.75, 3.05) is 0 Å². The summed E-state index contributed by atoms with van der Waals surface area (Å²) in [6, 6.07) is 0. The van der Waals surface area contributed by atoms with E-state index in [0.717, 1.165) is 13.8 Å². The van der Waals surface area contributed by atoms with Crippen LogP contribution in [0.1, 0.15) is 41.5 Å². The maximum absolute atomic E-state index is 11.9. The van der Waals surface area contributed by atoms with Crippen molar-refractivity contribution in [3.05, 3.63) is 0 Å². The van der Waals surface area contributed by atoms with Gasteiger partial charge in [0.2, 0.25) is 0 Å². The maximum atomic E-state index is 11.9. The van der Waals surface area contributed by atoms with Crippen LogP contribution in [0.2, 0.25) is 0 Å². The van der Waals surface area contributed by atoms with E-state index < -0.39 is 35.3 Å². The smallest absolute Gasteiger partial charge is 0.354 e. The summed E-state index contributed by atoms with van der Waals surface area (Å²) in [5.41, 5.74) is -2.13. The van der Waals surface area contributed by atoms with E-state index in [4.69, 9.17) is 9.47 Å². The molecule has 0 bridgehead atoms. The molecule has 18 heavy (non-hydrogen) atoms. The summed E-state index contributed by atoms with van der Waals surface area (Å²) in [6.45, 7) is 8.85. The van der Waals surface area contributed by atoms with Crippen LogP contribution in [-0.4, -0.2) is 35.3 Å². The number of carbonyl (C=O) groups excluding carboxylic acids is 3. The van der Waals surface area contributed by atoms with Gasteiger partial charge in [-0.3, -0.25) is 9.59 Å². The van der Waals surface area contributed by atoms with Crippen molar-refractivity contribution in [2.24, 2.45) is 0 Å². The van der Waals surface area contributed by atoms with Gasteiger partial charge in [-0.15, -0.1) is 0 Å². The molecular weight excluding hydrogens is 272 g/mol. The molecule has 0 unspecified atom stereocenters. The van der Waals surface area contributed by atoms with Crippen LogP contribution in [0.4, 0.5) is 0 Å². The summed E-state index contributed by atoms with van der Waals surface area (Å²) in [7, 11) is 0. The number of esters is 1. The van der Waals surface area contributed by atoms with Crippen LogP contribution in [0.15, 0.2) is 0 Å². The first-order valence-corrected chi connectivity index (χ1v) is 5.55. The first-order chi connectivity index (χ1) is 7.64. The normalized spacial score (nSPS) is 11.1. The summed E-state index contributed by atoms with van der Waals surface area (Å²) in [5.74, 6) is -2.27. The number of hydrogen-bond acceptors (Lipinski definition) is 5. The van der Waals surface area contributed by atoms with Crippen molar-refractivity contribution in [3.63, 3.8) is 0 Å². The number of hydrogen-bond donors (Lipinski definition) is 0. The average molecular weight is 292 g/mol. The van der Waals surface area contributed by atoms with Gasteiger partial charge in [0.1, 0.15) is 0 Å². The van der Waals surface area contributed by atoms with E-state index in [2.05, 4.69) is 0 Å². The van der Waals surface area contributed by atoms with Crippen LogP contribution in [0.25, 0.3) is 0 Å². The Kier molecular flexibility index (Phi) is 8.61. The molecule has 5 nitrogen and oxygen atoms in total. The van der Waals surface area contributed by atoms with Crippen LogP contribution < -0.4 is 0 Å². The van der Waals surface area contributed by atoms with Crippen LogP contribution >= 0.6 is 0 Å². The molecule has 0 fully saturated rings. The third-order valence-corrected chi connectivity index (χ3v) is 2.03. The maximum Gasteiger partial charge on any atom is 0.354 e. The van der Waals surface area contributed by atoms with E-state index in [-0.39, 0.29) is 21.7 Å². The number of ketones is 2. The van der Waals surface area contributed by atoms with E-state index in [1.807, 2.05) is 0 Å². The van der Waals surface area contributed by atoms with Gasteiger partial charge in [-0.25, -0.2) is 4.79 Å². The predicted octanol–water partition coefficient (Wildman–Crippen LogP) is 1.28. The molecule has 0 aromatic heterocycles. The first-order valence-electron chi connectivity index (χ1n) is 5.55. The fourth-order valence-corrected chi connectivity index (χ4v) is 1.40. The second-order valence-corrected chi connectivity index (χ2v) is 4.41. The second-order valence-electron chi connectivity index (χ2n) is 4.41. The van der Waals surface area contributed by atoms with Crippen molar-refractivity contribution >= 4 is 17.5 Å². The van der Waals surface area contributed by atoms with Crippen molar-refractivity contribution in [1.29, 1.82) is 0 Å². The van der Waals surface area contributed by atoms with Crippen LogP contribution in [0.5, 0.6) is 0 Å². The van der Waals surface area contributed by atoms with Crippen molar-refractivity contribution in [2.45, 2.75) is 59.4 Å². The van der Waals surface area contributed by atoms with Gasteiger partial charge in [0.15, 0.2) is 11.6 Å². The zero-order valence-corrected chi connectivity index (χ0v) is 13.3. The standard InChI is InChI=1S/C12H20O5.Ti/c1-7(2)16-11(15)12(9(5)13,10(6)14)17-8(3)4;/h7-8H,1-6H3;. The molecular formula is C12H20O5Ti. The predicted molar refractivity (Wildman–Crippen MR) is 61.5 cm³/mol. The van der Waals surface area contributed by atoms with E-state index in [1.165, 1.54) is 0 Å². The molecule has 0 aliphatic heterocycles. The monoisotopic (exact) mass is 292 g/mol. The molecule has 0 rings (SSSR count). The molecule has 0 heterocycles. The summed E-state index contributed by atoms with van der Waals surface area (Å²) >= 11 is 0. The summed E-state index contributed by atoms with van der Waals surface area (Å²) in [5, 5.41) is 0. The van der Waals surface area contributed by atoms with Gasteiger partial charge >= 0.3 is 5.97 Å². The largest absolute Gasteiger partial charge is 0.460 e. The van der Waals surface area contributed by atoms with E-state index >= 15 is 0 Å². The molecule has 0 spiro atoms. The Labute approximate surface area is 122 Å². The van der Waals surface area contributed by atoms with Gasteiger partial charge in [-0.1, -0.05) is 0 Å². The van der Waals surface area contributed by atoms with Crippen LogP contribution in [0, 0.1) is 0 Å². The molecule has 0 aromatic carbocycles. The number of Topliss-reactive ketones (excluding diaryl/α,β-unsaturated/α-hetero) is 2. The van der Waals surface area contributed by atoms with Gasteiger partial charge in [-0.05, 0) is 41.5 Å². The minimum absolute atomic E-state index is 0. The average Bonchev–Trinajstić information content (AvgIpc) is 2.10. The Balaban J connectivity index is 0. The number of carbonyl (C=O) groups is 3. The Hall–Kier alpha value is -0.516. The Bertz CT molecular complexity index is 308. The SMILES string of the molecule is CC(=O)C(OC(C)C)(C(C)=O)C(=O)OC(C)C.[Ti]. The fraction of sp³-hybridized carbons (Fsp3) is 0.750. The minimum Gasteiger partial charge on any atom is -0.460 e. The minimum atomic E-state index is -2.13. The second kappa shape index (κ2) is 7.82. The van der Waals surface area contributed by atoms with Crippen LogP contribution in [0.3, 0.4) is 0 Å². The molecule has 6 heteroatoms. The molecule has 0 saturated carbocycles. The molecule has 102 valence electrons. The van der Waals surface area contributed by atoms with Gasteiger partial charge in [0, 0.05) is 21.7 Å². The topological polar surface area (TPSA) is 69.7 Å². The summed E-state index contributed by atoms with van der Waals surface area (Å²) < 4.78 is 10.2. The fourth-order valence-electron chi connectivity index (χ4n) is 1.40. The van der Waals surface area contributed by atoms with Gasteiger partial charge in [0.05, 0.1) is 12.2 Å². The molecule has 0 aliphatic rings. The molecule has 0 saturated heterocycles. The third kappa shape index (κ3) is 4.63. The van der Waals surface area contributed by atoms with E-state index in [1.54, 1.807) is 27.7 Å². The zero-order valence-electron chi connectivity index (χ0n) is 11.7. The molecule has 0 N–H and O–H groups in total. The number of ether oxygens (including phenoxy) is 2. The van der Waals surface area contributed by atoms with E-state index in [0.29, 0.717) is 0 Å². The molecule has 0 atom stereocenters. The summed E-state index contributed by atoms with van der Waals surface area (Å²) in [6.07, 6.45) is -0.862.